The number of nitrogens with zero attached hydrogens (tertiary/aromatic N) is 1. The topological polar surface area (TPSA) is 59.4 Å². The number of benzene rings is 1. The maximum atomic E-state index is 13.2. The van der Waals surface area contributed by atoms with E-state index in [4.69, 9.17) is 9.84 Å². The zero-order valence-electron chi connectivity index (χ0n) is 10.9. The minimum Gasteiger partial charge on any atom is -0.486 e. The van der Waals surface area contributed by atoms with Crippen molar-refractivity contribution < 1.29 is 19.0 Å². The lowest BCUT2D eigenvalue weighted by molar-refractivity contribution is 0.0691. The molecule has 1 heterocycles. The number of carboxylic acids is 1. The quantitative estimate of drug-likeness (QED) is 0.886. The Morgan fingerprint density at radius 1 is 1.50 bits per heavy atom. The van der Waals surface area contributed by atoms with Crippen molar-refractivity contribution in [3.8, 4) is 5.75 Å². The van der Waals surface area contributed by atoms with E-state index in [0.717, 1.165) is 35.7 Å². The molecule has 1 aromatic heterocycles. The summed E-state index contributed by atoms with van der Waals surface area (Å²) < 4.78 is 18.5. The van der Waals surface area contributed by atoms with Crippen molar-refractivity contribution in [1.82, 2.24) is 4.98 Å². The van der Waals surface area contributed by atoms with Gasteiger partial charge in [-0.05, 0) is 25.0 Å². The Labute approximate surface area is 119 Å². The average Bonchev–Trinajstić information content (AvgIpc) is 2.84. The van der Waals surface area contributed by atoms with Crippen molar-refractivity contribution in [2.45, 2.75) is 26.4 Å². The number of halogens is 1. The van der Waals surface area contributed by atoms with E-state index in [2.05, 4.69) is 11.9 Å². The highest BCUT2D eigenvalue weighted by Crippen LogP contribution is 2.22. The number of thiazole rings is 1. The van der Waals surface area contributed by atoms with Crippen LogP contribution in [-0.4, -0.2) is 16.1 Å². The van der Waals surface area contributed by atoms with E-state index in [0.29, 0.717) is 0 Å². The molecule has 0 atom stereocenters. The van der Waals surface area contributed by atoms with Gasteiger partial charge in [0, 0.05) is 11.4 Å². The van der Waals surface area contributed by atoms with Crippen LogP contribution in [0.15, 0.2) is 23.6 Å². The first-order valence-electron chi connectivity index (χ1n) is 6.19. The summed E-state index contributed by atoms with van der Waals surface area (Å²) in [6, 6.07) is 3.36. The van der Waals surface area contributed by atoms with Crippen molar-refractivity contribution >= 4 is 17.3 Å². The lowest BCUT2D eigenvalue weighted by Gasteiger charge is -2.07. The normalized spacial score (nSPS) is 10.5. The fourth-order valence-corrected chi connectivity index (χ4v) is 2.57. The molecule has 0 aliphatic carbocycles. The zero-order valence-corrected chi connectivity index (χ0v) is 11.7. The molecule has 106 valence electrons. The van der Waals surface area contributed by atoms with Gasteiger partial charge >= 0.3 is 5.97 Å². The van der Waals surface area contributed by atoms with Gasteiger partial charge in [-0.3, -0.25) is 0 Å². The van der Waals surface area contributed by atoms with Crippen LogP contribution in [0.3, 0.4) is 0 Å². The molecule has 0 bridgehead atoms. The van der Waals surface area contributed by atoms with E-state index in [1.54, 1.807) is 11.3 Å². The zero-order chi connectivity index (χ0) is 14.5. The highest BCUT2D eigenvalue weighted by Gasteiger charge is 2.13. The summed E-state index contributed by atoms with van der Waals surface area (Å²) in [5, 5.41) is 11.9. The van der Waals surface area contributed by atoms with E-state index in [1.165, 1.54) is 6.07 Å². The molecule has 6 heteroatoms. The fraction of sp³-hybridized carbons (Fsp3) is 0.286. The number of carbonyl (C=O) groups is 1. The molecule has 0 amide bonds. The molecule has 2 rings (SSSR count). The molecule has 0 spiro atoms. The summed E-state index contributed by atoms with van der Waals surface area (Å²) in [7, 11) is 0. The van der Waals surface area contributed by atoms with E-state index < -0.39 is 11.8 Å². The molecule has 20 heavy (non-hydrogen) atoms. The van der Waals surface area contributed by atoms with E-state index in [-0.39, 0.29) is 17.9 Å². The van der Waals surface area contributed by atoms with E-state index >= 15 is 0 Å². The number of hydrogen-bond acceptors (Lipinski definition) is 4. The maximum absolute atomic E-state index is 13.2. The maximum Gasteiger partial charge on any atom is 0.339 e. The van der Waals surface area contributed by atoms with Crippen molar-refractivity contribution in [3.05, 3.63) is 45.7 Å². The lowest BCUT2D eigenvalue weighted by Crippen LogP contribution is -2.04. The predicted molar refractivity (Wildman–Crippen MR) is 73.8 cm³/mol. The van der Waals surface area contributed by atoms with E-state index in [9.17, 15) is 9.18 Å². The monoisotopic (exact) mass is 295 g/mol. The van der Waals surface area contributed by atoms with Gasteiger partial charge < -0.3 is 9.84 Å². The summed E-state index contributed by atoms with van der Waals surface area (Å²) in [6.45, 7) is 2.20. The molecule has 0 unspecified atom stereocenters. The third-order valence-electron chi connectivity index (χ3n) is 2.61. The van der Waals surface area contributed by atoms with Gasteiger partial charge in [-0.2, -0.15) is 0 Å². The lowest BCUT2D eigenvalue weighted by atomic mass is 10.2. The Morgan fingerprint density at radius 3 is 3.00 bits per heavy atom. The second-order valence-electron chi connectivity index (χ2n) is 4.22. The smallest absolute Gasteiger partial charge is 0.339 e. The molecule has 2 aromatic rings. The van der Waals surface area contributed by atoms with Gasteiger partial charge in [-0.25, -0.2) is 14.2 Å². The summed E-state index contributed by atoms with van der Waals surface area (Å²) in [5.41, 5.74) is 0.662. The van der Waals surface area contributed by atoms with Crippen molar-refractivity contribution in [1.29, 1.82) is 0 Å². The van der Waals surface area contributed by atoms with Crippen LogP contribution >= 0.6 is 11.3 Å². The minimum absolute atomic E-state index is 0.0162. The molecule has 0 radical (unpaired) electrons. The number of carboxylic acid groups (broad SMARTS) is 1. The van der Waals surface area contributed by atoms with Crippen LogP contribution in [0.25, 0.3) is 0 Å². The molecule has 1 aromatic carbocycles. The molecule has 0 saturated carbocycles. The van der Waals surface area contributed by atoms with Crippen LogP contribution in [0.5, 0.6) is 5.75 Å². The predicted octanol–water partition coefficient (Wildman–Crippen LogP) is 3.51. The molecule has 4 nitrogen and oxygen atoms in total. The summed E-state index contributed by atoms with van der Waals surface area (Å²) in [4.78, 5) is 15.4. The van der Waals surface area contributed by atoms with Crippen molar-refractivity contribution in [3.63, 3.8) is 0 Å². The van der Waals surface area contributed by atoms with Crippen molar-refractivity contribution in [2.24, 2.45) is 0 Å². The molecular weight excluding hydrogens is 281 g/mol. The largest absolute Gasteiger partial charge is 0.486 e. The molecule has 0 aliphatic heterocycles. The van der Waals surface area contributed by atoms with Crippen LogP contribution in [-0.2, 0) is 13.0 Å². The second-order valence-corrected chi connectivity index (χ2v) is 5.16. The van der Waals surface area contributed by atoms with Gasteiger partial charge in [-0.1, -0.05) is 6.92 Å². The standard InChI is InChI=1S/C14H14FNO3S/c1-2-3-13-16-10(8-20-13)7-19-12-6-9(15)4-5-11(12)14(17)18/h4-6,8H,2-3,7H2,1H3,(H,17,18). The Morgan fingerprint density at radius 2 is 2.30 bits per heavy atom. The Balaban J connectivity index is 2.09. The number of hydrogen-bond donors (Lipinski definition) is 1. The number of aromatic carboxylic acids is 1. The number of rotatable bonds is 6. The third kappa shape index (κ3) is 3.54. The first kappa shape index (κ1) is 14.5. The van der Waals surface area contributed by atoms with Gasteiger partial charge in [0.25, 0.3) is 0 Å². The molecular formula is C14H14FNO3S. The fourth-order valence-electron chi connectivity index (χ4n) is 1.69. The average molecular weight is 295 g/mol. The van der Waals surface area contributed by atoms with Crippen LogP contribution in [0.1, 0.15) is 34.4 Å². The van der Waals surface area contributed by atoms with Gasteiger partial charge in [0.15, 0.2) is 0 Å². The first-order chi connectivity index (χ1) is 9.60. The second kappa shape index (κ2) is 6.47. The van der Waals surface area contributed by atoms with Crippen molar-refractivity contribution in [2.75, 3.05) is 0 Å². The Hall–Kier alpha value is -1.95. The van der Waals surface area contributed by atoms with Crippen LogP contribution < -0.4 is 4.74 Å². The van der Waals surface area contributed by atoms with Gasteiger partial charge in [0.1, 0.15) is 23.7 Å². The Bertz CT molecular complexity index is 612. The number of aryl methyl sites for hydroxylation is 1. The van der Waals surface area contributed by atoms with Crippen LogP contribution in [0.4, 0.5) is 4.39 Å². The SMILES string of the molecule is CCCc1nc(COc2cc(F)ccc2C(=O)O)cs1. The van der Waals surface area contributed by atoms with E-state index in [1.807, 2.05) is 5.38 Å². The van der Waals surface area contributed by atoms with Crippen LogP contribution in [0.2, 0.25) is 0 Å². The molecule has 1 N–H and O–H groups in total. The molecule has 0 saturated heterocycles. The third-order valence-corrected chi connectivity index (χ3v) is 3.57. The number of ether oxygens (including phenoxy) is 1. The van der Waals surface area contributed by atoms with Gasteiger partial charge in [0.2, 0.25) is 0 Å². The molecule has 0 fully saturated rings. The first-order valence-corrected chi connectivity index (χ1v) is 7.07. The molecule has 0 aliphatic rings. The number of aromatic nitrogens is 1. The summed E-state index contributed by atoms with van der Waals surface area (Å²) >= 11 is 1.54. The minimum atomic E-state index is -1.15. The Kier molecular flexibility index (Phi) is 4.68. The van der Waals surface area contributed by atoms with Gasteiger partial charge in [0.05, 0.1) is 10.7 Å². The highest BCUT2D eigenvalue weighted by molar-refractivity contribution is 7.09. The van der Waals surface area contributed by atoms with Gasteiger partial charge in [-0.15, -0.1) is 11.3 Å². The highest BCUT2D eigenvalue weighted by atomic mass is 32.1. The summed E-state index contributed by atoms with van der Waals surface area (Å²) in [5.74, 6) is -1.66. The van der Waals surface area contributed by atoms with Crippen LogP contribution in [0, 0.1) is 5.82 Å². The summed E-state index contributed by atoms with van der Waals surface area (Å²) in [6.07, 6.45) is 1.92.